The van der Waals surface area contributed by atoms with E-state index in [-0.39, 0.29) is 11.3 Å². The lowest BCUT2D eigenvalue weighted by atomic mass is 10.0. The van der Waals surface area contributed by atoms with Crippen molar-refractivity contribution in [3.05, 3.63) is 46.8 Å². The molecule has 0 spiro atoms. The molecule has 112 valence electrons. The summed E-state index contributed by atoms with van der Waals surface area (Å²) in [6.07, 6.45) is -4.79. The summed E-state index contributed by atoms with van der Waals surface area (Å²) in [6.45, 7) is 3.40. The maximum atomic E-state index is 12.4. The van der Waals surface area contributed by atoms with Gasteiger partial charge in [-0.2, -0.15) is 5.10 Å². The normalized spacial score (nSPS) is 11.5. The molecular weight excluding hydrogens is 285 g/mol. The third kappa shape index (κ3) is 3.24. The highest BCUT2D eigenvalue weighted by molar-refractivity contribution is 6.10. The van der Waals surface area contributed by atoms with Crippen molar-refractivity contribution >= 4 is 5.78 Å². The first-order valence-electron chi connectivity index (χ1n) is 6.10. The standard InChI is InChI=1S/C14H13F3N2O2/c1-8-12(9(2)19(3)18-8)13(20)10-5-4-6-11(7-10)21-14(15,16)17/h4-7H,1-3H3. The van der Waals surface area contributed by atoms with E-state index in [1.165, 1.54) is 12.1 Å². The molecule has 4 nitrogen and oxygen atoms in total. The number of nitrogens with zero attached hydrogens (tertiary/aromatic N) is 2. The van der Waals surface area contributed by atoms with Crippen molar-refractivity contribution in [2.75, 3.05) is 0 Å². The number of alkyl halides is 3. The van der Waals surface area contributed by atoms with Crippen LogP contribution in [-0.2, 0) is 7.05 Å². The summed E-state index contributed by atoms with van der Waals surface area (Å²) >= 11 is 0. The maximum absolute atomic E-state index is 12.4. The third-order valence-corrected chi connectivity index (χ3v) is 3.07. The minimum atomic E-state index is -4.79. The van der Waals surface area contributed by atoms with Crippen LogP contribution in [-0.4, -0.2) is 21.9 Å². The average Bonchev–Trinajstić information content (AvgIpc) is 2.61. The molecule has 0 bridgehead atoms. The number of hydrogen-bond acceptors (Lipinski definition) is 3. The number of hydrogen-bond donors (Lipinski definition) is 0. The summed E-state index contributed by atoms with van der Waals surface area (Å²) in [5, 5.41) is 4.12. The molecular formula is C14H13F3N2O2. The average molecular weight is 298 g/mol. The molecule has 0 fully saturated rings. The highest BCUT2D eigenvalue weighted by Gasteiger charge is 2.31. The number of ether oxygens (including phenoxy) is 1. The zero-order valence-corrected chi connectivity index (χ0v) is 11.7. The van der Waals surface area contributed by atoms with E-state index in [9.17, 15) is 18.0 Å². The Morgan fingerprint density at radius 3 is 2.48 bits per heavy atom. The number of rotatable bonds is 3. The van der Waals surface area contributed by atoms with E-state index >= 15 is 0 Å². The molecule has 0 amide bonds. The monoisotopic (exact) mass is 298 g/mol. The number of aryl methyl sites for hydroxylation is 2. The van der Waals surface area contributed by atoms with Crippen LogP contribution in [0, 0.1) is 13.8 Å². The van der Waals surface area contributed by atoms with Crippen molar-refractivity contribution in [1.82, 2.24) is 9.78 Å². The molecule has 1 heterocycles. The predicted molar refractivity (Wildman–Crippen MR) is 69.2 cm³/mol. The number of aromatic nitrogens is 2. The fourth-order valence-corrected chi connectivity index (χ4v) is 2.08. The number of ketones is 1. The highest BCUT2D eigenvalue weighted by Crippen LogP contribution is 2.25. The van der Waals surface area contributed by atoms with E-state index in [2.05, 4.69) is 9.84 Å². The van der Waals surface area contributed by atoms with Gasteiger partial charge in [0.1, 0.15) is 5.75 Å². The molecule has 2 rings (SSSR count). The first-order valence-corrected chi connectivity index (χ1v) is 6.10. The molecule has 0 saturated heterocycles. The molecule has 0 atom stereocenters. The fourth-order valence-electron chi connectivity index (χ4n) is 2.08. The van der Waals surface area contributed by atoms with Crippen LogP contribution in [0.5, 0.6) is 5.75 Å². The van der Waals surface area contributed by atoms with E-state index in [0.717, 1.165) is 12.1 Å². The Morgan fingerprint density at radius 2 is 1.95 bits per heavy atom. The summed E-state index contributed by atoms with van der Waals surface area (Å²) < 4.78 is 42.0. The minimum Gasteiger partial charge on any atom is -0.406 e. The Labute approximate surface area is 119 Å². The van der Waals surface area contributed by atoms with Crippen LogP contribution < -0.4 is 4.74 Å². The summed E-state index contributed by atoms with van der Waals surface area (Å²) in [7, 11) is 1.70. The van der Waals surface area contributed by atoms with E-state index in [1.807, 2.05) is 0 Å². The van der Waals surface area contributed by atoms with Gasteiger partial charge in [0.2, 0.25) is 0 Å². The molecule has 0 saturated carbocycles. The number of carbonyl (C=O) groups is 1. The molecule has 0 aliphatic carbocycles. The van der Waals surface area contributed by atoms with Gasteiger partial charge in [-0.1, -0.05) is 12.1 Å². The first kappa shape index (κ1) is 15.1. The Kier molecular flexibility index (Phi) is 3.76. The van der Waals surface area contributed by atoms with Gasteiger partial charge >= 0.3 is 6.36 Å². The topological polar surface area (TPSA) is 44.1 Å². The predicted octanol–water partition coefficient (Wildman–Crippen LogP) is 3.17. The van der Waals surface area contributed by atoms with Crippen molar-refractivity contribution in [3.8, 4) is 5.75 Å². The summed E-state index contributed by atoms with van der Waals surface area (Å²) in [5.41, 5.74) is 1.69. The van der Waals surface area contributed by atoms with E-state index in [1.54, 1.807) is 25.6 Å². The van der Waals surface area contributed by atoms with Crippen LogP contribution >= 0.6 is 0 Å². The number of benzene rings is 1. The van der Waals surface area contributed by atoms with Crippen LogP contribution in [0.2, 0.25) is 0 Å². The van der Waals surface area contributed by atoms with Gasteiger partial charge in [0.15, 0.2) is 5.78 Å². The van der Waals surface area contributed by atoms with Gasteiger partial charge in [0.25, 0.3) is 0 Å². The highest BCUT2D eigenvalue weighted by atomic mass is 19.4. The fraction of sp³-hybridized carbons (Fsp3) is 0.286. The molecule has 0 aliphatic heterocycles. The van der Waals surface area contributed by atoms with E-state index < -0.39 is 12.1 Å². The Bertz CT molecular complexity index is 690. The lowest BCUT2D eigenvalue weighted by Gasteiger charge is -2.09. The lowest BCUT2D eigenvalue weighted by Crippen LogP contribution is -2.17. The van der Waals surface area contributed by atoms with Gasteiger partial charge in [-0.3, -0.25) is 9.48 Å². The molecule has 21 heavy (non-hydrogen) atoms. The molecule has 0 radical (unpaired) electrons. The zero-order chi connectivity index (χ0) is 15.8. The van der Waals surface area contributed by atoms with Crippen molar-refractivity contribution in [2.45, 2.75) is 20.2 Å². The molecule has 0 unspecified atom stereocenters. The van der Waals surface area contributed by atoms with E-state index in [0.29, 0.717) is 17.0 Å². The molecule has 0 N–H and O–H groups in total. The SMILES string of the molecule is Cc1nn(C)c(C)c1C(=O)c1cccc(OC(F)(F)F)c1. The van der Waals surface area contributed by atoms with Gasteiger partial charge in [0.05, 0.1) is 11.3 Å². The summed E-state index contributed by atoms with van der Waals surface area (Å²) in [4.78, 5) is 12.4. The Hall–Kier alpha value is -2.31. The van der Waals surface area contributed by atoms with Gasteiger partial charge in [0, 0.05) is 18.3 Å². The maximum Gasteiger partial charge on any atom is 0.573 e. The van der Waals surface area contributed by atoms with Crippen LogP contribution in [0.3, 0.4) is 0 Å². The van der Waals surface area contributed by atoms with Crippen LogP contribution in [0.1, 0.15) is 27.3 Å². The van der Waals surface area contributed by atoms with E-state index in [4.69, 9.17) is 0 Å². The first-order chi connectivity index (χ1) is 9.69. The van der Waals surface area contributed by atoms with Gasteiger partial charge in [-0.15, -0.1) is 13.2 Å². The van der Waals surface area contributed by atoms with Gasteiger partial charge < -0.3 is 4.74 Å². The smallest absolute Gasteiger partial charge is 0.406 e. The van der Waals surface area contributed by atoms with Crippen LogP contribution in [0.25, 0.3) is 0 Å². The van der Waals surface area contributed by atoms with Gasteiger partial charge in [-0.25, -0.2) is 0 Å². The Balaban J connectivity index is 2.38. The molecule has 2 aromatic rings. The second kappa shape index (κ2) is 5.23. The minimum absolute atomic E-state index is 0.121. The van der Waals surface area contributed by atoms with Crippen molar-refractivity contribution in [2.24, 2.45) is 7.05 Å². The molecule has 1 aromatic heterocycles. The summed E-state index contributed by atoms with van der Waals surface area (Å²) in [5.74, 6) is -0.807. The number of halogens is 3. The van der Waals surface area contributed by atoms with Gasteiger partial charge in [-0.05, 0) is 26.0 Å². The van der Waals surface area contributed by atoms with Crippen molar-refractivity contribution < 1.29 is 22.7 Å². The largest absolute Gasteiger partial charge is 0.573 e. The quantitative estimate of drug-likeness (QED) is 0.818. The van der Waals surface area contributed by atoms with Crippen molar-refractivity contribution in [1.29, 1.82) is 0 Å². The lowest BCUT2D eigenvalue weighted by molar-refractivity contribution is -0.274. The van der Waals surface area contributed by atoms with Crippen LogP contribution in [0.4, 0.5) is 13.2 Å². The molecule has 1 aromatic carbocycles. The molecule has 0 aliphatic rings. The zero-order valence-electron chi connectivity index (χ0n) is 11.7. The Morgan fingerprint density at radius 1 is 1.29 bits per heavy atom. The second-order valence-electron chi connectivity index (χ2n) is 4.57. The summed E-state index contributed by atoms with van der Waals surface area (Å²) in [6, 6.07) is 5.00. The molecule has 7 heteroatoms. The third-order valence-electron chi connectivity index (χ3n) is 3.07. The van der Waals surface area contributed by atoms with Crippen molar-refractivity contribution in [3.63, 3.8) is 0 Å². The van der Waals surface area contributed by atoms with Crippen LogP contribution in [0.15, 0.2) is 24.3 Å². The second-order valence-corrected chi connectivity index (χ2v) is 4.57. The number of carbonyl (C=O) groups excluding carboxylic acids is 1.